The molecular weight excluding hydrogens is 455 g/mol. The van der Waals surface area contributed by atoms with E-state index in [9.17, 15) is 9.90 Å². The summed E-state index contributed by atoms with van der Waals surface area (Å²) < 4.78 is 5.79. The van der Waals surface area contributed by atoms with Gasteiger partial charge in [-0.05, 0) is 37.3 Å². The van der Waals surface area contributed by atoms with E-state index >= 15 is 0 Å². The number of aromatic hydroxyl groups is 1. The van der Waals surface area contributed by atoms with E-state index in [0.29, 0.717) is 6.42 Å². The van der Waals surface area contributed by atoms with Crippen LogP contribution in [-0.2, 0) is 4.84 Å². The smallest absolute Gasteiger partial charge is 0.255 e. The zero-order valence-corrected chi connectivity index (χ0v) is 18.4. The Labute approximate surface area is 193 Å². The van der Waals surface area contributed by atoms with Crippen molar-refractivity contribution in [2.45, 2.75) is 18.9 Å². The predicted octanol–water partition coefficient (Wildman–Crippen LogP) is 4.70. The summed E-state index contributed by atoms with van der Waals surface area (Å²) in [5.74, 6) is -0.462. The minimum atomic E-state index is -0.742. The molecule has 1 unspecified atom stereocenters. The van der Waals surface area contributed by atoms with Crippen molar-refractivity contribution in [3.63, 3.8) is 0 Å². The molecule has 1 aliphatic heterocycles. The third-order valence-electron chi connectivity index (χ3n) is 4.76. The first kappa shape index (κ1) is 21.9. The van der Waals surface area contributed by atoms with Crippen LogP contribution in [0.1, 0.15) is 29.3 Å². The second-order valence-electron chi connectivity index (χ2n) is 7.40. The number of benzene rings is 1. The topological polar surface area (TPSA) is 106 Å². The highest BCUT2D eigenvalue weighted by Gasteiger charge is 2.36. The van der Waals surface area contributed by atoms with Gasteiger partial charge >= 0.3 is 0 Å². The number of ether oxygens (including phenoxy) is 1. The Morgan fingerprint density at radius 3 is 2.72 bits per heavy atom. The lowest BCUT2D eigenvalue weighted by Crippen LogP contribution is -2.32. The third-order valence-corrected chi connectivity index (χ3v) is 5.33. The standard InChI is InChI=1S/C22H18Cl2N4O4/c1-22(8-17(28-32-22)14-3-2-6-25-9-14)12-31-19-7-13(4-5-18(19)29)21(30)27-20-15(23)10-26-11-16(20)24/h2-7,9-11,29H,8,12H2,1H3,(H,26,27,30). The van der Waals surface area contributed by atoms with Crippen LogP contribution in [0.25, 0.3) is 0 Å². The van der Waals surface area contributed by atoms with E-state index in [2.05, 4.69) is 20.4 Å². The van der Waals surface area contributed by atoms with Gasteiger partial charge in [0, 0.05) is 42.3 Å². The van der Waals surface area contributed by atoms with Crippen LogP contribution in [0, 0.1) is 0 Å². The summed E-state index contributed by atoms with van der Waals surface area (Å²) in [7, 11) is 0. The SMILES string of the molecule is CC1(COc2cc(C(=O)Nc3c(Cl)cncc3Cl)ccc2O)CC(c2cccnc2)=NO1. The van der Waals surface area contributed by atoms with Crippen molar-refractivity contribution in [1.29, 1.82) is 0 Å². The summed E-state index contributed by atoms with van der Waals surface area (Å²) in [5, 5.41) is 17.4. The monoisotopic (exact) mass is 472 g/mol. The van der Waals surface area contributed by atoms with Gasteiger partial charge in [0.05, 0.1) is 21.4 Å². The van der Waals surface area contributed by atoms with Crippen molar-refractivity contribution in [2.75, 3.05) is 11.9 Å². The maximum Gasteiger partial charge on any atom is 0.255 e. The predicted molar refractivity (Wildman–Crippen MR) is 121 cm³/mol. The molecule has 1 amide bonds. The molecule has 0 radical (unpaired) electrons. The second kappa shape index (κ2) is 9.02. The number of anilines is 1. The summed E-state index contributed by atoms with van der Waals surface area (Å²) in [6.07, 6.45) is 6.64. The number of halogens is 2. The van der Waals surface area contributed by atoms with E-state index < -0.39 is 11.5 Å². The van der Waals surface area contributed by atoms with E-state index in [0.717, 1.165) is 11.3 Å². The highest BCUT2D eigenvalue weighted by Crippen LogP contribution is 2.33. The van der Waals surface area contributed by atoms with Gasteiger partial charge < -0.3 is 20.0 Å². The highest BCUT2D eigenvalue weighted by molar-refractivity contribution is 6.39. The molecule has 0 fully saturated rings. The van der Waals surface area contributed by atoms with Crippen LogP contribution in [0.5, 0.6) is 11.5 Å². The molecule has 3 heterocycles. The summed E-state index contributed by atoms with van der Waals surface area (Å²) >= 11 is 12.1. The normalized spacial score (nSPS) is 17.4. The molecule has 2 aromatic heterocycles. The number of rotatable bonds is 6. The number of nitrogens with zero attached hydrogens (tertiary/aromatic N) is 3. The first-order chi connectivity index (χ1) is 15.3. The fourth-order valence-corrected chi connectivity index (χ4v) is 3.53. The zero-order chi connectivity index (χ0) is 22.7. The fourth-order valence-electron chi connectivity index (χ4n) is 3.07. The summed E-state index contributed by atoms with van der Waals surface area (Å²) in [4.78, 5) is 26.2. The molecular formula is C22H18Cl2N4O4. The average molecular weight is 473 g/mol. The van der Waals surface area contributed by atoms with Crippen molar-refractivity contribution in [1.82, 2.24) is 9.97 Å². The number of hydrogen-bond donors (Lipinski definition) is 2. The van der Waals surface area contributed by atoms with Gasteiger partial charge in [-0.15, -0.1) is 0 Å². The van der Waals surface area contributed by atoms with E-state index in [1.54, 1.807) is 12.4 Å². The zero-order valence-electron chi connectivity index (χ0n) is 16.9. The number of carbonyl (C=O) groups is 1. The van der Waals surface area contributed by atoms with Gasteiger partial charge in [0.15, 0.2) is 17.1 Å². The molecule has 1 atom stereocenters. The third kappa shape index (κ3) is 4.76. The van der Waals surface area contributed by atoms with Crippen molar-refractivity contribution in [3.05, 3.63) is 76.3 Å². The molecule has 164 valence electrons. The molecule has 0 saturated carbocycles. The Morgan fingerprint density at radius 1 is 1.22 bits per heavy atom. The number of carbonyl (C=O) groups excluding carboxylic acids is 1. The van der Waals surface area contributed by atoms with Gasteiger partial charge in [0.25, 0.3) is 5.91 Å². The summed E-state index contributed by atoms with van der Waals surface area (Å²) in [6.45, 7) is 1.95. The van der Waals surface area contributed by atoms with Crippen LogP contribution in [0.15, 0.2) is 60.3 Å². The van der Waals surface area contributed by atoms with Gasteiger partial charge in [-0.1, -0.05) is 28.4 Å². The van der Waals surface area contributed by atoms with E-state index in [4.69, 9.17) is 32.8 Å². The maximum absolute atomic E-state index is 12.7. The number of nitrogens with one attached hydrogen (secondary N) is 1. The molecule has 8 nitrogen and oxygen atoms in total. The van der Waals surface area contributed by atoms with E-state index in [1.165, 1.54) is 30.6 Å². The molecule has 3 aromatic rings. The van der Waals surface area contributed by atoms with Crippen LogP contribution < -0.4 is 10.1 Å². The van der Waals surface area contributed by atoms with Gasteiger partial charge in [-0.3, -0.25) is 14.8 Å². The number of oxime groups is 1. The summed E-state index contributed by atoms with van der Waals surface area (Å²) in [5.41, 5.74) is 1.37. The lowest BCUT2D eigenvalue weighted by Gasteiger charge is -2.22. The van der Waals surface area contributed by atoms with E-state index in [1.807, 2.05) is 19.1 Å². The fraction of sp³-hybridized carbons (Fsp3) is 0.182. The molecule has 0 bridgehead atoms. The van der Waals surface area contributed by atoms with Crippen LogP contribution in [0.2, 0.25) is 10.0 Å². The first-order valence-electron chi connectivity index (χ1n) is 9.56. The summed E-state index contributed by atoms with van der Waals surface area (Å²) in [6, 6.07) is 7.98. The number of phenols is 1. The van der Waals surface area contributed by atoms with Gasteiger partial charge in [0.2, 0.25) is 0 Å². The molecule has 32 heavy (non-hydrogen) atoms. The van der Waals surface area contributed by atoms with Crippen LogP contribution in [0.4, 0.5) is 5.69 Å². The lowest BCUT2D eigenvalue weighted by atomic mass is 9.97. The van der Waals surface area contributed by atoms with Crippen molar-refractivity contribution < 1.29 is 19.5 Å². The molecule has 10 heteroatoms. The van der Waals surface area contributed by atoms with Crippen LogP contribution in [0.3, 0.4) is 0 Å². The molecule has 1 aliphatic rings. The van der Waals surface area contributed by atoms with Gasteiger partial charge in [-0.2, -0.15) is 0 Å². The van der Waals surface area contributed by atoms with Crippen LogP contribution >= 0.6 is 23.2 Å². The van der Waals surface area contributed by atoms with E-state index in [-0.39, 0.29) is 39.4 Å². The highest BCUT2D eigenvalue weighted by atomic mass is 35.5. The molecule has 0 saturated heterocycles. The quantitative estimate of drug-likeness (QED) is 0.538. The number of aromatic nitrogens is 2. The van der Waals surface area contributed by atoms with Crippen molar-refractivity contribution in [2.24, 2.45) is 5.16 Å². The molecule has 0 spiro atoms. The maximum atomic E-state index is 12.7. The van der Waals surface area contributed by atoms with Crippen LogP contribution in [-0.4, -0.2) is 38.9 Å². The Bertz CT molecular complexity index is 1170. The largest absolute Gasteiger partial charge is 0.504 e. The Kier molecular flexibility index (Phi) is 6.16. The Balaban J connectivity index is 1.44. The van der Waals surface area contributed by atoms with Gasteiger partial charge in [0.1, 0.15) is 6.61 Å². The lowest BCUT2D eigenvalue weighted by molar-refractivity contribution is -0.0361. The second-order valence-corrected chi connectivity index (χ2v) is 8.22. The Morgan fingerprint density at radius 2 is 2.00 bits per heavy atom. The average Bonchev–Trinajstić information content (AvgIpc) is 3.19. The number of phenolic OH excluding ortho intramolecular Hbond substituents is 1. The van der Waals surface area contributed by atoms with Crippen molar-refractivity contribution >= 4 is 40.5 Å². The number of pyridine rings is 2. The number of hydrogen-bond acceptors (Lipinski definition) is 7. The van der Waals surface area contributed by atoms with Crippen molar-refractivity contribution in [3.8, 4) is 11.5 Å². The minimum absolute atomic E-state index is 0.0981. The first-order valence-corrected chi connectivity index (χ1v) is 10.3. The van der Waals surface area contributed by atoms with Gasteiger partial charge in [-0.25, -0.2) is 0 Å². The minimum Gasteiger partial charge on any atom is -0.504 e. The molecule has 4 rings (SSSR count). The molecule has 0 aliphatic carbocycles. The Hall–Kier alpha value is -3.36. The molecule has 1 aromatic carbocycles. The number of amides is 1. The molecule has 2 N–H and O–H groups in total.